The SMILES string of the molecule is CCCCCCCc1ccc(-c2ccc(-c3ccc(CCCCC)cc3F)cc2)nc1. The minimum atomic E-state index is -0.136. The van der Waals surface area contributed by atoms with Crippen LogP contribution in [0, 0.1) is 5.82 Å². The fraction of sp³-hybridized carbons (Fsp3) is 0.414. The molecule has 31 heavy (non-hydrogen) atoms. The quantitative estimate of drug-likeness (QED) is 0.268. The van der Waals surface area contributed by atoms with E-state index in [4.69, 9.17) is 0 Å². The fourth-order valence-corrected chi connectivity index (χ4v) is 4.02. The molecule has 0 bridgehead atoms. The number of aromatic nitrogens is 1. The van der Waals surface area contributed by atoms with E-state index in [2.05, 4.69) is 37.0 Å². The summed E-state index contributed by atoms with van der Waals surface area (Å²) >= 11 is 0. The highest BCUT2D eigenvalue weighted by molar-refractivity contribution is 5.69. The lowest BCUT2D eigenvalue weighted by atomic mass is 9.99. The van der Waals surface area contributed by atoms with Crippen LogP contribution in [-0.2, 0) is 12.8 Å². The van der Waals surface area contributed by atoms with Gasteiger partial charge in [-0.05, 0) is 54.5 Å². The normalized spacial score (nSPS) is 11.1. The number of rotatable bonds is 12. The molecular formula is C29H36FN. The Morgan fingerprint density at radius 3 is 1.94 bits per heavy atom. The smallest absolute Gasteiger partial charge is 0.131 e. The zero-order chi connectivity index (χ0) is 21.9. The minimum Gasteiger partial charge on any atom is -0.256 e. The molecule has 0 unspecified atom stereocenters. The van der Waals surface area contributed by atoms with E-state index in [0.29, 0.717) is 5.56 Å². The number of unbranched alkanes of at least 4 members (excludes halogenated alkanes) is 6. The molecule has 1 heterocycles. The second kappa shape index (κ2) is 12.4. The van der Waals surface area contributed by atoms with Crippen molar-refractivity contribution in [1.29, 1.82) is 0 Å². The molecule has 0 atom stereocenters. The fourth-order valence-electron chi connectivity index (χ4n) is 4.02. The molecule has 1 aromatic heterocycles. The van der Waals surface area contributed by atoms with Gasteiger partial charge in [0.1, 0.15) is 5.82 Å². The van der Waals surface area contributed by atoms with Crippen molar-refractivity contribution in [1.82, 2.24) is 4.98 Å². The Morgan fingerprint density at radius 1 is 0.645 bits per heavy atom. The predicted octanol–water partition coefficient (Wildman–Crippen LogP) is 8.80. The molecule has 2 aromatic carbocycles. The van der Waals surface area contributed by atoms with Crippen LogP contribution in [0.3, 0.4) is 0 Å². The number of nitrogens with zero attached hydrogens (tertiary/aromatic N) is 1. The molecule has 1 nitrogen and oxygen atoms in total. The third kappa shape index (κ3) is 7.02. The molecule has 0 spiro atoms. The Morgan fingerprint density at radius 2 is 1.26 bits per heavy atom. The van der Waals surface area contributed by atoms with Gasteiger partial charge in [-0.3, -0.25) is 4.98 Å². The molecule has 0 aliphatic carbocycles. The van der Waals surface area contributed by atoms with Crippen LogP contribution in [-0.4, -0.2) is 4.98 Å². The lowest BCUT2D eigenvalue weighted by Gasteiger charge is -2.08. The molecule has 3 rings (SSSR count). The van der Waals surface area contributed by atoms with E-state index in [-0.39, 0.29) is 5.82 Å². The van der Waals surface area contributed by atoms with Crippen LogP contribution in [0.25, 0.3) is 22.4 Å². The first-order valence-electron chi connectivity index (χ1n) is 12.1. The lowest BCUT2D eigenvalue weighted by Crippen LogP contribution is -1.91. The monoisotopic (exact) mass is 417 g/mol. The van der Waals surface area contributed by atoms with Crippen molar-refractivity contribution in [3.8, 4) is 22.4 Å². The van der Waals surface area contributed by atoms with Gasteiger partial charge < -0.3 is 0 Å². The first-order chi connectivity index (χ1) is 15.2. The van der Waals surface area contributed by atoms with Crippen LogP contribution in [0.1, 0.15) is 76.3 Å². The van der Waals surface area contributed by atoms with Crippen LogP contribution in [0.4, 0.5) is 4.39 Å². The van der Waals surface area contributed by atoms with E-state index in [9.17, 15) is 4.39 Å². The Hall–Kier alpha value is -2.48. The molecule has 0 saturated heterocycles. The zero-order valence-electron chi connectivity index (χ0n) is 19.2. The van der Waals surface area contributed by atoms with Crippen LogP contribution in [0.2, 0.25) is 0 Å². The summed E-state index contributed by atoms with van der Waals surface area (Å²) in [5.41, 5.74) is 5.99. The summed E-state index contributed by atoms with van der Waals surface area (Å²) < 4.78 is 14.7. The van der Waals surface area contributed by atoms with E-state index < -0.39 is 0 Å². The van der Waals surface area contributed by atoms with Gasteiger partial charge >= 0.3 is 0 Å². The van der Waals surface area contributed by atoms with Gasteiger partial charge in [0.25, 0.3) is 0 Å². The average Bonchev–Trinajstić information content (AvgIpc) is 2.80. The van der Waals surface area contributed by atoms with Gasteiger partial charge in [0.2, 0.25) is 0 Å². The third-order valence-corrected chi connectivity index (χ3v) is 5.99. The number of hydrogen-bond acceptors (Lipinski definition) is 1. The summed E-state index contributed by atoms with van der Waals surface area (Å²) in [7, 11) is 0. The highest BCUT2D eigenvalue weighted by atomic mass is 19.1. The Kier molecular flexibility index (Phi) is 9.27. The largest absolute Gasteiger partial charge is 0.256 e. The topological polar surface area (TPSA) is 12.9 Å². The number of aryl methyl sites for hydroxylation is 2. The maximum Gasteiger partial charge on any atom is 0.131 e. The van der Waals surface area contributed by atoms with Crippen molar-refractivity contribution < 1.29 is 4.39 Å². The van der Waals surface area contributed by atoms with Crippen LogP contribution in [0.15, 0.2) is 60.8 Å². The standard InChI is InChI=1S/C29H36FN/c1-3-5-7-8-10-12-24-14-20-29(31-22-24)26-17-15-25(16-18-26)27-19-13-23(21-28(27)30)11-9-6-4-2/h13-22H,3-12H2,1-2H3. The molecule has 0 N–H and O–H groups in total. The molecule has 0 aliphatic heterocycles. The summed E-state index contributed by atoms with van der Waals surface area (Å²) in [6.45, 7) is 4.43. The number of hydrogen-bond donors (Lipinski definition) is 0. The average molecular weight is 418 g/mol. The minimum absolute atomic E-state index is 0.136. The molecular weight excluding hydrogens is 381 g/mol. The van der Waals surface area contributed by atoms with Crippen molar-refractivity contribution in [2.75, 3.05) is 0 Å². The van der Waals surface area contributed by atoms with Crippen molar-refractivity contribution in [3.63, 3.8) is 0 Å². The maximum atomic E-state index is 14.7. The second-order valence-corrected chi connectivity index (χ2v) is 8.56. The van der Waals surface area contributed by atoms with E-state index in [1.54, 1.807) is 6.07 Å². The number of benzene rings is 2. The van der Waals surface area contributed by atoms with Crippen molar-refractivity contribution in [2.45, 2.75) is 78.1 Å². The molecule has 0 amide bonds. The van der Waals surface area contributed by atoms with Gasteiger partial charge in [0.05, 0.1) is 5.69 Å². The van der Waals surface area contributed by atoms with Gasteiger partial charge in [0.15, 0.2) is 0 Å². The van der Waals surface area contributed by atoms with Crippen molar-refractivity contribution in [2.24, 2.45) is 0 Å². The molecule has 0 radical (unpaired) electrons. The van der Waals surface area contributed by atoms with Crippen LogP contribution in [0.5, 0.6) is 0 Å². The van der Waals surface area contributed by atoms with Crippen molar-refractivity contribution >= 4 is 0 Å². The van der Waals surface area contributed by atoms with Gasteiger partial charge in [0, 0.05) is 17.3 Å². The second-order valence-electron chi connectivity index (χ2n) is 8.56. The summed E-state index contributed by atoms with van der Waals surface area (Å²) in [6, 6.07) is 18.0. The molecule has 3 aromatic rings. The van der Waals surface area contributed by atoms with Gasteiger partial charge in [-0.25, -0.2) is 4.39 Å². The van der Waals surface area contributed by atoms with E-state index in [1.807, 2.05) is 36.5 Å². The highest BCUT2D eigenvalue weighted by Gasteiger charge is 2.08. The lowest BCUT2D eigenvalue weighted by molar-refractivity contribution is 0.626. The van der Waals surface area contributed by atoms with Gasteiger partial charge in [-0.15, -0.1) is 0 Å². The van der Waals surface area contributed by atoms with Gasteiger partial charge in [-0.1, -0.05) is 94.8 Å². The number of pyridine rings is 1. The predicted molar refractivity (Wildman–Crippen MR) is 131 cm³/mol. The van der Waals surface area contributed by atoms with E-state index in [0.717, 1.165) is 41.6 Å². The number of halogens is 1. The van der Waals surface area contributed by atoms with Crippen LogP contribution >= 0.6 is 0 Å². The Bertz CT molecular complexity index is 912. The highest BCUT2D eigenvalue weighted by Crippen LogP contribution is 2.27. The Labute approximate surface area is 187 Å². The zero-order valence-corrected chi connectivity index (χ0v) is 19.2. The van der Waals surface area contributed by atoms with E-state index >= 15 is 0 Å². The molecule has 0 saturated carbocycles. The van der Waals surface area contributed by atoms with Crippen molar-refractivity contribution in [3.05, 3.63) is 77.7 Å². The first kappa shape index (κ1) is 23.2. The van der Waals surface area contributed by atoms with Crippen LogP contribution < -0.4 is 0 Å². The summed E-state index contributed by atoms with van der Waals surface area (Å²) in [6.07, 6.45) is 14.0. The summed E-state index contributed by atoms with van der Waals surface area (Å²) in [4.78, 5) is 4.66. The third-order valence-electron chi connectivity index (χ3n) is 5.99. The molecule has 0 aliphatic rings. The maximum absolute atomic E-state index is 14.7. The van der Waals surface area contributed by atoms with E-state index in [1.165, 1.54) is 50.5 Å². The molecule has 164 valence electrons. The van der Waals surface area contributed by atoms with Gasteiger partial charge in [-0.2, -0.15) is 0 Å². The molecule has 2 heteroatoms. The summed E-state index contributed by atoms with van der Waals surface area (Å²) in [5, 5.41) is 0. The Balaban J connectivity index is 1.61. The molecule has 0 fully saturated rings. The first-order valence-corrected chi connectivity index (χ1v) is 12.1. The summed E-state index contributed by atoms with van der Waals surface area (Å²) in [5.74, 6) is -0.136.